The summed E-state index contributed by atoms with van der Waals surface area (Å²) in [5, 5.41) is 3.01. The summed E-state index contributed by atoms with van der Waals surface area (Å²) in [6.07, 6.45) is 6.73. The third-order valence-electron chi connectivity index (χ3n) is 4.36. The molecule has 6 heteroatoms. The van der Waals surface area contributed by atoms with Crippen LogP contribution in [0.25, 0.3) is 11.2 Å². The summed E-state index contributed by atoms with van der Waals surface area (Å²) in [6.45, 7) is 2.34. The SMILES string of the molecule is CNc1nc(N(C)C2CCC(C)CC2)c2[nH]cnc2n1. The van der Waals surface area contributed by atoms with Gasteiger partial charge in [0.15, 0.2) is 11.5 Å². The second kappa shape index (κ2) is 5.26. The number of hydrogen-bond donors (Lipinski definition) is 2. The first kappa shape index (κ1) is 13.1. The first-order valence-corrected chi connectivity index (χ1v) is 7.30. The molecule has 0 radical (unpaired) electrons. The maximum Gasteiger partial charge on any atom is 0.226 e. The number of nitrogens with one attached hydrogen (secondary N) is 2. The molecule has 0 bridgehead atoms. The van der Waals surface area contributed by atoms with Crippen LogP contribution >= 0.6 is 0 Å². The summed E-state index contributed by atoms with van der Waals surface area (Å²) >= 11 is 0. The van der Waals surface area contributed by atoms with Crippen molar-refractivity contribution >= 4 is 22.9 Å². The lowest BCUT2D eigenvalue weighted by Crippen LogP contribution is -2.35. The monoisotopic (exact) mass is 274 g/mol. The lowest BCUT2D eigenvalue weighted by molar-refractivity contribution is 0.340. The van der Waals surface area contributed by atoms with Crippen LogP contribution in [-0.4, -0.2) is 40.1 Å². The zero-order valence-electron chi connectivity index (χ0n) is 12.3. The molecule has 0 amide bonds. The van der Waals surface area contributed by atoms with Gasteiger partial charge in [0.05, 0.1) is 6.33 Å². The number of rotatable bonds is 3. The van der Waals surface area contributed by atoms with E-state index in [4.69, 9.17) is 0 Å². The normalized spacial score (nSPS) is 22.9. The highest BCUT2D eigenvalue weighted by molar-refractivity contribution is 5.84. The van der Waals surface area contributed by atoms with E-state index in [0.717, 1.165) is 22.9 Å². The Bertz CT molecular complexity index is 584. The van der Waals surface area contributed by atoms with Gasteiger partial charge in [-0.3, -0.25) is 0 Å². The first-order valence-electron chi connectivity index (χ1n) is 7.30. The highest BCUT2D eigenvalue weighted by Crippen LogP contribution is 2.31. The zero-order valence-corrected chi connectivity index (χ0v) is 12.3. The van der Waals surface area contributed by atoms with Crippen molar-refractivity contribution in [3.05, 3.63) is 6.33 Å². The number of anilines is 2. The van der Waals surface area contributed by atoms with Crippen LogP contribution in [0.2, 0.25) is 0 Å². The molecule has 1 aliphatic carbocycles. The molecule has 0 spiro atoms. The Hall–Kier alpha value is -1.85. The molecule has 1 fully saturated rings. The van der Waals surface area contributed by atoms with E-state index in [2.05, 4.69) is 44.1 Å². The third kappa shape index (κ3) is 2.30. The predicted molar refractivity (Wildman–Crippen MR) is 81.1 cm³/mol. The van der Waals surface area contributed by atoms with E-state index in [-0.39, 0.29) is 0 Å². The predicted octanol–water partition coefficient (Wildman–Crippen LogP) is 2.41. The average molecular weight is 274 g/mol. The minimum absolute atomic E-state index is 0.553. The Morgan fingerprint density at radius 3 is 2.70 bits per heavy atom. The first-order chi connectivity index (χ1) is 9.69. The number of H-pyrrole nitrogens is 1. The quantitative estimate of drug-likeness (QED) is 0.899. The lowest BCUT2D eigenvalue weighted by atomic mass is 9.87. The van der Waals surface area contributed by atoms with Gasteiger partial charge in [0.25, 0.3) is 0 Å². The van der Waals surface area contributed by atoms with Crippen LogP contribution in [0, 0.1) is 5.92 Å². The van der Waals surface area contributed by atoms with Crippen LogP contribution in [0.1, 0.15) is 32.6 Å². The number of fused-ring (bicyclic) bond motifs is 1. The van der Waals surface area contributed by atoms with E-state index in [0.29, 0.717) is 12.0 Å². The third-order valence-corrected chi connectivity index (χ3v) is 4.36. The standard InChI is InChI=1S/C14H22N6/c1-9-4-6-10(7-5-9)20(3)13-11-12(17-8-16-11)18-14(15-2)19-13/h8-10H,4-7H2,1-3H3,(H2,15,16,17,18,19). The molecule has 2 aromatic heterocycles. The van der Waals surface area contributed by atoms with E-state index in [9.17, 15) is 0 Å². The van der Waals surface area contributed by atoms with Crippen LogP contribution in [0.3, 0.4) is 0 Å². The second-order valence-corrected chi connectivity index (χ2v) is 5.75. The van der Waals surface area contributed by atoms with Gasteiger partial charge in [-0.1, -0.05) is 6.92 Å². The van der Waals surface area contributed by atoms with Crippen molar-refractivity contribution in [2.45, 2.75) is 38.6 Å². The Balaban J connectivity index is 1.93. The summed E-state index contributed by atoms with van der Waals surface area (Å²) in [6, 6.07) is 0.553. The maximum absolute atomic E-state index is 4.62. The molecule has 2 aromatic rings. The molecule has 0 aromatic carbocycles. The summed E-state index contributed by atoms with van der Waals surface area (Å²) in [7, 11) is 3.96. The van der Waals surface area contributed by atoms with Gasteiger partial charge >= 0.3 is 0 Å². The number of aromatic amines is 1. The zero-order chi connectivity index (χ0) is 14.1. The fourth-order valence-electron chi connectivity index (χ4n) is 2.99. The molecule has 3 rings (SSSR count). The van der Waals surface area contributed by atoms with Gasteiger partial charge in [-0.25, -0.2) is 4.98 Å². The summed E-state index contributed by atoms with van der Waals surface area (Å²) in [5.74, 6) is 2.41. The molecular formula is C14H22N6. The van der Waals surface area contributed by atoms with E-state index in [1.54, 1.807) is 6.33 Å². The molecule has 0 saturated heterocycles. The van der Waals surface area contributed by atoms with Crippen molar-refractivity contribution in [3.63, 3.8) is 0 Å². The largest absolute Gasteiger partial charge is 0.357 e. The molecule has 20 heavy (non-hydrogen) atoms. The van der Waals surface area contributed by atoms with Crippen molar-refractivity contribution in [2.75, 3.05) is 24.3 Å². The fraction of sp³-hybridized carbons (Fsp3) is 0.643. The van der Waals surface area contributed by atoms with Gasteiger partial charge in [-0.2, -0.15) is 9.97 Å². The van der Waals surface area contributed by atoms with Crippen molar-refractivity contribution in [2.24, 2.45) is 5.92 Å². The molecule has 0 unspecified atom stereocenters. The lowest BCUT2D eigenvalue weighted by Gasteiger charge is -2.34. The molecule has 0 aliphatic heterocycles. The molecule has 2 N–H and O–H groups in total. The van der Waals surface area contributed by atoms with Crippen LogP contribution in [-0.2, 0) is 0 Å². The van der Waals surface area contributed by atoms with E-state index in [1.807, 2.05) is 7.05 Å². The summed E-state index contributed by atoms with van der Waals surface area (Å²) in [5.41, 5.74) is 1.64. The van der Waals surface area contributed by atoms with Gasteiger partial charge in [0.1, 0.15) is 5.52 Å². The van der Waals surface area contributed by atoms with Gasteiger partial charge in [-0.15, -0.1) is 0 Å². The Kier molecular flexibility index (Phi) is 3.46. The van der Waals surface area contributed by atoms with E-state index >= 15 is 0 Å². The van der Waals surface area contributed by atoms with Gasteiger partial charge in [-0.05, 0) is 31.6 Å². The molecular weight excluding hydrogens is 252 g/mol. The van der Waals surface area contributed by atoms with Crippen LogP contribution < -0.4 is 10.2 Å². The van der Waals surface area contributed by atoms with Crippen LogP contribution in [0.5, 0.6) is 0 Å². The number of imidazole rings is 1. The molecule has 6 nitrogen and oxygen atoms in total. The fourth-order valence-corrected chi connectivity index (χ4v) is 2.99. The summed E-state index contributed by atoms with van der Waals surface area (Å²) in [4.78, 5) is 18.7. The second-order valence-electron chi connectivity index (χ2n) is 5.75. The maximum atomic E-state index is 4.62. The van der Waals surface area contributed by atoms with Crippen molar-refractivity contribution < 1.29 is 0 Å². The van der Waals surface area contributed by atoms with Crippen molar-refractivity contribution in [3.8, 4) is 0 Å². The number of aromatic nitrogens is 4. The molecule has 1 saturated carbocycles. The van der Waals surface area contributed by atoms with Gasteiger partial charge in [0.2, 0.25) is 5.95 Å². The Morgan fingerprint density at radius 1 is 1.25 bits per heavy atom. The smallest absolute Gasteiger partial charge is 0.226 e. The molecule has 1 aliphatic rings. The number of hydrogen-bond acceptors (Lipinski definition) is 5. The van der Waals surface area contributed by atoms with Gasteiger partial charge < -0.3 is 15.2 Å². The van der Waals surface area contributed by atoms with Crippen molar-refractivity contribution in [1.29, 1.82) is 0 Å². The van der Waals surface area contributed by atoms with Crippen LogP contribution in [0.4, 0.5) is 11.8 Å². The highest BCUT2D eigenvalue weighted by Gasteiger charge is 2.24. The summed E-state index contributed by atoms with van der Waals surface area (Å²) < 4.78 is 0. The van der Waals surface area contributed by atoms with E-state index in [1.165, 1.54) is 25.7 Å². The van der Waals surface area contributed by atoms with Gasteiger partial charge in [0, 0.05) is 20.1 Å². The minimum Gasteiger partial charge on any atom is -0.357 e. The minimum atomic E-state index is 0.553. The Labute approximate surface area is 119 Å². The number of nitrogens with zero attached hydrogens (tertiary/aromatic N) is 4. The molecule has 2 heterocycles. The molecule has 108 valence electrons. The average Bonchev–Trinajstić information content (AvgIpc) is 2.94. The van der Waals surface area contributed by atoms with E-state index < -0.39 is 0 Å². The topological polar surface area (TPSA) is 69.7 Å². The molecule has 0 atom stereocenters. The highest BCUT2D eigenvalue weighted by atomic mass is 15.2. The Morgan fingerprint density at radius 2 is 2.00 bits per heavy atom. The van der Waals surface area contributed by atoms with Crippen molar-refractivity contribution in [1.82, 2.24) is 19.9 Å². The van der Waals surface area contributed by atoms with Crippen LogP contribution in [0.15, 0.2) is 6.33 Å².